The topological polar surface area (TPSA) is 127 Å². The molecule has 4 rings (SSSR count). The lowest BCUT2D eigenvalue weighted by atomic mass is 10.2. The van der Waals surface area contributed by atoms with Crippen LogP contribution in [0.1, 0.15) is 16.1 Å². The first kappa shape index (κ1) is 27.1. The van der Waals surface area contributed by atoms with Crippen molar-refractivity contribution in [2.24, 2.45) is 0 Å². The summed E-state index contributed by atoms with van der Waals surface area (Å²) < 4.78 is 37.2. The smallest absolute Gasteiger partial charge is 0.257 e. The summed E-state index contributed by atoms with van der Waals surface area (Å²) in [4.78, 5) is 29.3. The fourth-order valence-electron chi connectivity index (χ4n) is 3.43. The highest BCUT2D eigenvalue weighted by molar-refractivity contribution is 7.99. The van der Waals surface area contributed by atoms with Gasteiger partial charge in [0.05, 0.1) is 36.7 Å². The van der Waals surface area contributed by atoms with E-state index in [1.807, 2.05) is 5.38 Å². The molecule has 0 atom stereocenters. The lowest BCUT2D eigenvalue weighted by molar-refractivity contribution is -0.113. The summed E-state index contributed by atoms with van der Waals surface area (Å²) in [5.41, 5.74) is 1.76. The number of amides is 2. The summed E-state index contributed by atoms with van der Waals surface area (Å²) in [6.07, 6.45) is 0. The van der Waals surface area contributed by atoms with Crippen LogP contribution < -0.4 is 15.4 Å². The Hall–Kier alpha value is -2.97. The van der Waals surface area contributed by atoms with Gasteiger partial charge in [0.1, 0.15) is 5.75 Å². The van der Waals surface area contributed by atoms with Crippen molar-refractivity contribution in [3.63, 3.8) is 0 Å². The molecule has 1 aromatic heterocycles. The van der Waals surface area contributed by atoms with Gasteiger partial charge in [-0.1, -0.05) is 0 Å². The molecular formula is C24H26N4O6S3. The van der Waals surface area contributed by atoms with E-state index in [4.69, 9.17) is 9.47 Å². The molecule has 0 unspecified atom stereocenters. The Morgan fingerprint density at radius 1 is 1.08 bits per heavy atom. The van der Waals surface area contributed by atoms with E-state index in [0.717, 1.165) is 5.69 Å². The Kier molecular flexibility index (Phi) is 9.16. The molecule has 0 radical (unpaired) electrons. The quantitative estimate of drug-likeness (QED) is 0.386. The van der Waals surface area contributed by atoms with Crippen molar-refractivity contribution < 1.29 is 27.5 Å². The highest BCUT2D eigenvalue weighted by Gasteiger charge is 2.26. The van der Waals surface area contributed by atoms with Gasteiger partial charge < -0.3 is 14.8 Å². The minimum Gasteiger partial charge on any atom is -0.497 e. The van der Waals surface area contributed by atoms with Crippen molar-refractivity contribution in [2.75, 3.05) is 49.8 Å². The molecule has 13 heteroatoms. The summed E-state index contributed by atoms with van der Waals surface area (Å²) in [5.74, 6) is 0.967. The summed E-state index contributed by atoms with van der Waals surface area (Å²) >= 11 is 2.69. The number of nitrogens with one attached hydrogen (secondary N) is 2. The third kappa shape index (κ3) is 7.29. The van der Waals surface area contributed by atoms with Gasteiger partial charge in [-0.25, -0.2) is 13.4 Å². The van der Waals surface area contributed by atoms with Crippen LogP contribution in [-0.4, -0.2) is 68.7 Å². The maximum atomic E-state index is 12.7. The second kappa shape index (κ2) is 12.5. The summed E-state index contributed by atoms with van der Waals surface area (Å²) in [7, 11) is -2.04. The molecule has 2 aromatic carbocycles. The number of carbonyl (C=O) groups is 2. The number of hydrogen-bond donors (Lipinski definition) is 2. The van der Waals surface area contributed by atoms with Gasteiger partial charge in [0.25, 0.3) is 5.91 Å². The van der Waals surface area contributed by atoms with Crippen LogP contribution in [-0.2, 0) is 25.3 Å². The predicted octanol–water partition coefficient (Wildman–Crippen LogP) is 3.30. The number of anilines is 2. The van der Waals surface area contributed by atoms with Gasteiger partial charge in [-0.3, -0.25) is 14.9 Å². The van der Waals surface area contributed by atoms with Gasteiger partial charge in [0, 0.05) is 35.5 Å². The maximum Gasteiger partial charge on any atom is 0.257 e. The molecule has 10 nitrogen and oxygen atoms in total. The molecule has 196 valence electrons. The van der Waals surface area contributed by atoms with E-state index in [1.54, 1.807) is 31.4 Å². The van der Waals surface area contributed by atoms with Gasteiger partial charge in [-0.15, -0.1) is 23.1 Å². The number of morpholine rings is 1. The predicted molar refractivity (Wildman–Crippen MR) is 144 cm³/mol. The molecule has 1 fully saturated rings. The van der Waals surface area contributed by atoms with E-state index >= 15 is 0 Å². The minimum atomic E-state index is -3.62. The van der Waals surface area contributed by atoms with Crippen molar-refractivity contribution in [3.05, 3.63) is 65.2 Å². The van der Waals surface area contributed by atoms with Crippen molar-refractivity contribution in [1.29, 1.82) is 0 Å². The Balaban J connectivity index is 1.24. The first-order chi connectivity index (χ1) is 17.8. The molecule has 2 N–H and O–H groups in total. The van der Waals surface area contributed by atoms with E-state index < -0.39 is 10.0 Å². The number of carbonyl (C=O) groups excluding carboxylic acids is 2. The Bertz CT molecular complexity index is 1320. The number of nitrogens with zero attached hydrogens (tertiary/aromatic N) is 2. The normalized spacial score (nSPS) is 14.2. The number of rotatable bonds is 10. The zero-order valence-electron chi connectivity index (χ0n) is 20.0. The highest BCUT2D eigenvalue weighted by atomic mass is 32.2. The Morgan fingerprint density at radius 3 is 2.46 bits per heavy atom. The van der Waals surface area contributed by atoms with Crippen molar-refractivity contribution in [2.45, 2.75) is 10.6 Å². The van der Waals surface area contributed by atoms with Gasteiger partial charge >= 0.3 is 0 Å². The molecule has 2 heterocycles. The monoisotopic (exact) mass is 562 g/mol. The van der Waals surface area contributed by atoms with E-state index in [2.05, 4.69) is 15.6 Å². The first-order valence-electron chi connectivity index (χ1n) is 11.3. The molecule has 1 aliphatic rings. The second-order valence-electron chi connectivity index (χ2n) is 7.91. The second-order valence-corrected chi connectivity index (χ2v) is 11.7. The van der Waals surface area contributed by atoms with Gasteiger partial charge in [0.15, 0.2) is 5.13 Å². The first-order valence-corrected chi connectivity index (χ1v) is 14.8. The standard InChI is InChI=1S/C24H26N4O6S3/c1-33-20-6-4-18(5-7-20)25-22(29)16-35-14-19-15-36-24(26-19)27-23(30)17-2-8-21(9-3-17)37(31,32)28-10-12-34-13-11-28/h2-9,15H,10-14,16H2,1H3,(H,25,29)(H,26,27,30). The van der Waals surface area contributed by atoms with Crippen LogP contribution in [0.5, 0.6) is 5.75 Å². The number of thioether (sulfide) groups is 1. The lowest BCUT2D eigenvalue weighted by Crippen LogP contribution is -2.40. The van der Waals surface area contributed by atoms with Crippen LogP contribution in [0.3, 0.4) is 0 Å². The van der Waals surface area contributed by atoms with Crippen LogP contribution in [0.4, 0.5) is 10.8 Å². The van der Waals surface area contributed by atoms with Gasteiger partial charge in [-0.2, -0.15) is 4.31 Å². The van der Waals surface area contributed by atoms with Crippen LogP contribution in [0, 0.1) is 0 Å². The third-order valence-electron chi connectivity index (χ3n) is 5.35. The Morgan fingerprint density at radius 2 is 1.78 bits per heavy atom. The lowest BCUT2D eigenvalue weighted by Gasteiger charge is -2.26. The maximum absolute atomic E-state index is 12.7. The molecule has 0 aliphatic carbocycles. The number of sulfonamides is 1. The van der Waals surface area contributed by atoms with Crippen molar-refractivity contribution in [1.82, 2.24) is 9.29 Å². The third-order valence-corrected chi connectivity index (χ3v) is 9.04. The number of thiazole rings is 1. The average Bonchev–Trinajstić information content (AvgIpc) is 3.36. The van der Waals surface area contributed by atoms with Crippen LogP contribution >= 0.6 is 23.1 Å². The number of ether oxygens (including phenoxy) is 2. The van der Waals surface area contributed by atoms with E-state index in [9.17, 15) is 18.0 Å². The Labute approximate surface area is 223 Å². The van der Waals surface area contributed by atoms with E-state index in [-0.39, 0.29) is 22.5 Å². The molecule has 2 amide bonds. The molecule has 1 aliphatic heterocycles. The van der Waals surface area contributed by atoms with Crippen LogP contribution in [0.15, 0.2) is 58.8 Å². The molecule has 0 saturated carbocycles. The molecule has 3 aromatic rings. The van der Waals surface area contributed by atoms with E-state index in [1.165, 1.54) is 51.7 Å². The fourth-order valence-corrected chi connectivity index (χ4v) is 6.37. The number of aromatic nitrogens is 1. The molecule has 1 saturated heterocycles. The zero-order valence-corrected chi connectivity index (χ0v) is 22.5. The number of methoxy groups -OCH3 is 1. The number of benzene rings is 2. The van der Waals surface area contributed by atoms with Crippen LogP contribution in [0.2, 0.25) is 0 Å². The summed E-state index contributed by atoms with van der Waals surface area (Å²) in [5, 5.41) is 7.81. The largest absolute Gasteiger partial charge is 0.497 e. The van der Waals surface area contributed by atoms with Crippen LogP contribution in [0.25, 0.3) is 0 Å². The van der Waals surface area contributed by atoms with Gasteiger partial charge in [0.2, 0.25) is 15.9 Å². The molecule has 0 spiro atoms. The molecule has 37 heavy (non-hydrogen) atoms. The van der Waals surface area contributed by atoms with Gasteiger partial charge in [-0.05, 0) is 48.5 Å². The fraction of sp³-hybridized carbons (Fsp3) is 0.292. The number of hydrogen-bond acceptors (Lipinski definition) is 9. The van der Waals surface area contributed by atoms with Crippen molar-refractivity contribution in [3.8, 4) is 5.75 Å². The zero-order chi connectivity index (χ0) is 26.3. The average molecular weight is 563 g/mol. The molecule has 0 bridgehead atoms. The molecular weight excluding hydrogens is 536 g/mol. The summed E-state index contributed by atoms with van der Waals surface area (Å²) in [6.45, 7) is 1.35. The van der Waals surface area contributed by atoms with Crippen molar-refractivity contribution >= 4 is 55.8 Å². The SMILES string of the molecule is COc1ccc(NC(=O)CSCc2csc(NC(=O)c3ccc(S(=O)(=O)N4CCOCC4)cc3)n2)cc1. The summed E-state index contributed by atoms with van der Waals surface area (Å²) in [6, 6.07) is 12.9. The highest BCUT2D eigenvalue weighted by Crippen LogP contribution is 2.22. The van der Waals surface area contributed by atoms with E-state index in [0.29, 0.717) is 54.2 Å². The minimum absolute atomic E-state index is 0.127.